The van der Waals surface area contributed by atoms with E-state index < -0.39 is 21.8 Å². The van der Waals surface area contributed by atoms with Crippen LogP contribution in [0, 0.1) is 6.92 Å². The summed E-state index contributed by atoms with van der Waals surface area (Å²) in [5.41, 5.74) is 2.24. The van der Waals surface area contributed by atoms with Crippen molar-refractivity contribution in [3.05, 3.63) is 59.2 Å². The molecular weight excluding hydrogens is 366 g/mol. The molecule has 0 saturated carbocycles. The highest BCUT2D eigenvalue weighted by Gasteiger charge is 2.21. The van der Waals surface area contributed by atoms with Gasteiger partial charge in [-0.05, 0) is 57.0 Å². The molecule has 0 saturated heterocycles. The highest BCUT2D eigenvalue weighted by Crippen LogP contribution is 2.31. The predicted molar refractivity (Wildman–Crippen MR) is 105 cm³/mol. The van der Waals surface area contributed by atoms with E-state index in [0.717, 1.165) is 11.1 Å². The van der Waals surface area contributed by atoms with E-state index in [4.69, 9.17) is 4.74 Å². The van der Waals surface area contributed by atoms with E-state index in [1.54, 1.807) is 57.2 Å². The summed E-state index contributed by atoms with van der Waals surface area (Å²) in [6.07, 6.45) is -0.546. The molecule has 1 amide bonds. The largest absolute Gasteiger partial charge is 0.444 e. The normalized spacial score (nSPS) is 13.1. The fraction of sp³-hybridized carbons (Fsp3) is 0.350. The molecule has 146 valence electrons. The number of rotatable bonds is 4. The average Bonchev–Trinajstić information content (AvgIpc) is 2.51. The second-order valence-corrected chi connectivity index (χ2v) is 8.88. The van der Waals surface area contributed by atoms with Gasteiger partial charge in [0.2, 0.25) is 0 Å². The molecule has 2 aromatic carbocycles. The molecule has 2 N–H and O–H groups in total. The van der Waals surface area contributed by atoms with Crippen LogP contribution in [0.25, 0.3) is 0 Å². The average molecular weight is 391 g/mol. The maximum atomic E-state index is 11.8. The first-order chi connectivity index (χ1) is 12.4. The first kappa shape index (κ1) is 20.9. The molecule has 0 aliphatic heterocycles. The van der Waals surface area contributed by atoms with Crippen molar-refractivity contribution in [2.75, 3.05) is 5.32 Å². The van der Waals surface area contributed by atoms with Gasteiger partial charge in [-0.25, -0.2) is 4.79 Å². The highest BCUT2D eigenvalue weighted by molar-refractivity contribution is 7.85. The quantitative estimate of drug-likeness (QED) is 0.734. The number of carbonyl (C=O) groups excluding carboxylic acids is 1. The van der Waals surface area contributed by atoms with E-state index in [9.17, 15) is 17.8 Å². The second kappa shape index (κ2) is 7.70. The molecule has 0 aliphatic carbocycles. The van der Waals surface area contributed by atoms with E-state index in [1.807, 2.05) is 13.8 Å². The lowest BCUT2D eigenvalue weighted by Crippen LogP contribution is -2.27. The number of hydrogen-bond acceptors (Lipinski definition) is 4. The van der Waals surface area contributed by atoms with E-state index in [0.29, 0.717) is 11.3 Å². The SMILES string of the molecule is Cc1ccc(S(=O)(=O)O)c(C(C)c2ccc(NC(=O)OC(C)(C)C)cc2)c1. The molecule has 0 aromatic heterocycles. The smallest absolute Gasteiger partial charge is 0.412 e. The lowest BCUT2D eigenvalue weighted by Gasteiger charge is -2.20. The van der Waals surface area contributed by atoms with E-state index in [-0.39, 0.29) is 10.8 Å². The maximum Gasteiger partial charge on any atom is 0.412 e. The van der Waals surface area contributed by atoms with Crippen LogP contribution < -0.4 is 5.32 Å². The van der Waals surface area contributed by atoms with Gasteiger partial charge in [0, 0.05) is 11.6 Å². The Balaban J connectivity index is 2.25. The van der Waals surface area contributed by atoms with E-state index in [1.165, 1.54) is 6.07 Å². The van der Waals surface area contributed by atoms with Gasteiger partial charge in [0.15, 0.2) is 0 Å². The molecule has 27 heavy (non-hydrogen) atoms. The molecule has 0 bridgehead atoms. The van der Waals surface area contributed by atoms with Crippen molar-refractivity contribution in [2.45, 2.75) is 51.0 Å². The standard InChI is InChI=1S/C20H25NO5S/c1-13-6-11-18(27(23,24)25)17(12-13)14(2)15-7-9-16(10-8-15)21-19(22)26-20(3,4)5/h6-12,14H,1-5H3,(H,21,22)(H,23,24,25). The van der Waals surface area contributed by atoms with Crippen molar-refractivity contribution in [2.24, 2.45) is 0 Å². The Bertz CT molecular complexity index is 928. The third-order valence-corrected chi connectivity index (χ3v) is 4.89. The van der Waals surface area contributed by atoms with Crippen LogP contribution in [-0.4, -0.2) is 24.7 Å². The topological polar surface area (TPSA) is 92.7 Å². The summed E-state index contributed by atoms with van der Waals surface area (Å²) in [7, 11) is -4.32. The third kappa shape index (κ3) is 5.80. The summed E-state index contributed by atoms with van der Waals surface area (Å²) < 4.78 is 38.1. The van der Waals surface area contributed by atoms with Crippen molar-refractivity contribution in [3.63, 3.8) is 0 Å². The summed E-state index contributed by atoms with van der Waals surface area (Å²) in [6.45, 7) is 9.07. The van der Waals surface area contributed by atoms with Gasteiger partial charge in [0.05, 0.1) is 4.90 Å². The fourth-order valence-corrected chi connectivity index (χ4v) is 3.47. The Labute approximate surface area is 160 Å². The van der Waals surface area contributed by atoms with Crippen LogP contribution in [0.4, 0.5) is 10.5 Å². The molecule has 0 aliphatic rings. The maximum absolute atomic E-state index is 11.8. The number of nitrogens with one attached hydrogen (secondary N) is 1. The number of ether oxygens (including phenoxy) is 1. The number of aryl methyl sites for hydroxylation is 1. The van der Waals surface area contributed by atoms with Gasteiger partial charge in [-0.2, -0.15) is 8.42 Å². The van der Waals surface area contributed by atoms with Crippen molar-refractivity contribution in [3.8, 4) is 0 Å². The Morgan fingerprint density at radius 1 is 1.11 bits per heavy atom. The molecule has 0 radical (unpaired) electrons. The summed E-state index contributed by atoms with van der Waals surface area (Å²) in [6, 6.07) is 11.8. The number of benzene rings is 2. The van der Waals surface area contributed by atoms with Crippen LogP contribution in [0.5, 0.6) is 0 Å². The first-order valence-corrected chi connectivity index (χ1v) is 9.99. The Morgan fingerprint density at radius 3 is 2.22 bits per heavy atom. The van der Waals surface area contributed by atoms with Crippen LogP contribution in [0.3, 0.4) is 0 Å². The fourth-order valence-electron chi connectivity index (χ4n) is 2.70. The van der Waals surface area contributed by atoms with Gasteiger partial charge >= 0.3 is 6.09 Å². The Morgan fingerprint density at radius 2 is 1.70 bits per heavy atom. The summed E-state index contributed by atoms with van der Waals surface area (Å²) >= 11 is 0. The lowest BCUT2D eigenvalue weighted by molar-refractivity contribution is 0.0636. The molecule has 1 atom stereocenters. The number of hydrogen-bond donors (Lipinski definition) is 2. The molecule has 2 aromatic rings. The highest BCUT2D eigenvalue weighted by atomic mass is 32.2. The van der Waals surface area contributed by atoms with Crippen LogP contribution in [-0.2, 0) is 14.9 Å². The second-order valence-electron chi connectivity index (χ2n) is 7.49. The van der Waals surface area contributed by atoms with Crippen LogP contribution in [0.2, 0.25) is 0 Å². The number of amides is 1. The first-order valence-electron chi connectivity index (χ1n) is 8.55. The van der Waals surface area contributed by atoms with Gasteiger partial charge in [0.25, 0.3) is 10.1 Å². The summed E-state index contributed by atoms with van der Waals surface area (Å²) in [5, 5.41) is 2.65. The molecule has 1 unspecified atom stereocenters. The molecule has 6 nitrogen and oxygen atoms in total. The summed E-state index contributed by atoms with van der Waals surface area (Å²) in [5.74, 6) is -0.266. The zero-order chi connectivity index (χ0) is 20.4. The molecule has 2 rings (SSSR count). The van der Waals surface area contributed by atoms with E-state index in [2.05, 4.69) is 5.32 Å². The van der Waals surface area contributed by atoms with Crippen molar-refractivity contribution in [1.82, 2.24) is 0 Å². The Kier molecular flexibility index (Phi) is 5.97. The monoisotopic (exact) mass is 391 g/mol. The third-order valence-electron chi connectivity index (χ3n) is 3.97. The molecule has 0 spiro atoms. The van der Waals surface area contributed by atoms with E-state index >= 15 is 0 Å². The zero-order valence-electron chi connectivity index (χ0n) is 16.1. The van der Waals surface area contributed by atoms with Gasteiger partial charge < -0.3 is 4.74 Å². The van der Waals surface area contributed by atoms with Crippen LogP contribution >= 0.6 is 0 Å². The molecule has 0 fully saturated rings. The molecule has 7 heteroatoms. The van der Waals surface area contributed by atoms with Gasteiger partial charge in [-0.3, -0.25) is 9.87 Å². The number of anilines is 1. The minimum absolute atomic E-state index is 0.100. The van der Waals surface area contributed by atoms with Gasteiger partial charge in [0.1, 0.15) is 5.60 Å². The summed E-state index contributed by atoms with van der Waals surface area (Å²) in [4.78, 5) is 11.7. The number of carbonyl (C=O) groups is 1. The van der Waals surface area contributed by atoms with Crippen molar-refractivity contribution >= 4 is 21.9 Å². The molecule has 0 heterocycles. The van der Waals surface area contributed by atoms with Gasteiger partial charge in [-0.15, -0.1) is 0 Å². The predicted octanol–water partition coefficient (Wildman–Crippen LogP) is 4.74. The van der Waals surface area contributed by atoms with Gasteiger partial charge in [-0.1, -0.05) is 36.8 Å². The van der Waals surface area contributed by atoms with Crippen LogP contribution in [0.15, 0.2) is 47.4 Å². The Hall–Kier alpha value is -2.38. The zero-order valence-corrected chi connectivity index (χ0v) is 16.9. The lowest BCUT2D eigenvalue weighted by atomic mass is 9.92. The minimum atomic E-state index is -4.32. The van der Waals surface area contributed by atoms with Crippen molar-refractivity contribution in [1.29, 1.82) is 0 Å². The van der Waals surface area contributed by atoms with Crippen LogP contribution in [0.1, 0.15) is 50.3 Å². The minimum Gasteiger partial charge on any atom is -0.444 e. The molecular formula is C20H25NO5S. The van der Waals surface area contributed by atoms with Crippen molar-refractivity contribution < 1.29 is 22.5 Å².